The summed E-state index contributed by atoms with van der Waals surface area (Å²) < 4.78 is 5.78. The Hall–Kier alpha value is -2.05. The zero-order valence-electron chi connectivity index (χ0n) is 12.1. The maximum Gasteiger partial charge on any atom is 0.270 e. The number of amides is 1. The molecule has 1 amide bonds. The van der Waals surface area contributed by atoms with Crippen LogP contribution in [0.2, 0.25) is 0 Å². The third-order valence-corrected chi connectivity index (χ3v) is 4.54. The molecule has 1 aromatic heterocycles. The lowest BCUT2D eigenvalue weighted by atomic mass is 10.2. The van der Waals surface area contributed by atoms with Crippen LogP contribution in [0.15, 0.2) is 52.0 Å². The van der Waals surface area contributed by atoms with Crippen molar-refractivity contribution >= 4 is 51.7 Å². The first-order chi connectivity index (χ1) is 10.6. The SMILES string of the molecule is CN(C)c1ccc(N2C(=O)/C(=C\c3ccco3)SC2=S)cc1. The normalized spacial score (nSPS) is 16.6. The molecule has 1 aliphatic rings. The molecule has 0 aliphatic carbocycles. The molecule has 6 heteroatoms. The predicted molar refractivity (Wildman–Crippen MR) is 95.1 cm³/mol. The Morgan fingerprint density at radius 3 is 2.55 bits per heavy atom. The highest BCUT2D eigenvalue weighted by Gasteiger charge is 2.33. The zero-order valence-corrected chi connectivity index (χ0v) is 13.8. The molecule has 0 spiro atoms. The van der Waals surface area contributed by atoms with Gasteiger partial charge in [0.25, 0.3) is 5.91 Å². The van der Waals surface area contributed by atoms with Crippen molar-refractivity contribution in [1.29, 1.82) is 0 Å². The number of benzene rings is 1. The summed E-state index contributed by atoms with van der Waals surface area (Å²) in [6, 6.07) is 11.3. The van der Waals surface area contributed by atoms with Crippen LogP contribution in [0, 0.1) is 0 Å². The largest absolute Gasteiger partial charge is 0.465 e. The van der Waals surface area contributed by atoms with Crippen LogP contribution in [0.4, 0.5) is 11.4 Å². The number of hydrogen-bond donors (Lipinski definition) is 0. The van der Waals surface area contributed by atoms with Gasteiger partial charge in [-0.3, -0.25) is 9.69 Å². The second-order valence-corrected chi connectivity index (χ2v) is 6.62. The van der Waals surface area contributed by atoms with Crippen molar-refractivity contribution in [3.8, 4) is 0 Å². The summed E-state index contributed by atoms with van der Waals surface area (Å²) >= 11 is 6.63. The number of anilines is 2. The molecule has 1 saturated heterocycles. The second-order valence-electron chi connectivity index (χ2n) is 4.94. The van der Waals surface area contributed by atoms with Gasteiger partial charge in [0.2, 0.25) is 0 Å². The van der Waals surface area contributed by atoms with Gasteiger partial charge in [0.1, 0.15) is 5.76 Å². The van der Waals surface area contributed by atoms with Gasteiger partial charge in [0, 0.05) is 25.9 Å². The van der Waals surface area contributed by atoms with E-state index in [9.17, 15) is 4.79 Å². The zero-order chi connectivity index (χ0) is 15.7. The summed E-state index contributed by atoms with van der Waals surface area (Å²) in [5.41, 5.74) is 1.84. The first-order valence-corrected chi connectivity index (χ1v) is 7.87. The van der Waals surface area contributed by atoms with E-state index >= 15 is 0 Å². The number of carbonyl (C=O) groups is 1. The van der Waals surface area contributed by atoms with Gasteiger partial charge in [-0.15, -0.1) is 0 Å². The lowest BCUT2D eigenvalue weighted by Crippen LogP contribution is -2.27. The summed E-state index contributed by atoms with van der Waals surface area (Å²) in [5, 5.41) is 0. The van der Waals surface area contributed by atoms with Crippen LogP contribution < -0.4 is 9.80 Å². The third-order valence-electron chi connectivity index (χ3n) is 3.23. The average molecular weight is 330 g/mol. The van der Waals surface area contributed by atoms with E-state index in [-0.39, 0.29) is 5.91 Å². The summed E-state index contributed by atoms with van der Waals surface area (Å²) in [5.74, 6) is 0.521. The third kappa shape index (κ3) is 2.80. The van der Waals surface area contributed by atoms with Crippen molar-refractivity contribution in [2.24, 2.45) is 0 Å². The van der Waals surface area contributed by atoms with Crippen molar-refractivity contribution in [2.45, 2.75) is 0 Å². The highest BCUT2D eigenvalue weighted by molar-refractivity contribution is 8.27. The van der Waals surface area contributed by atoms with E-state index in [0.29, 0.717) is 15.0 Å². The molecule has 0 N–H and O–H groups in total. The molecule has 3 rings (SSSR count). The molecule has 0 unspecified atom stereocenters. The van der Waals surface area contributed by atoms with E-state index < -0.39 is 0 Å². The van der Waals surface area contributed by atoms with E-state index in [4.69, 9.17) is 16.6 Å². The summed E-state index contributed by atoms with van der Waals surface area (Å²) in [6.07, 6.45) is 3.29. The number of thiocarbonyl (C=S) groups is 1. The van der Waals surface area contributed by atoms with Crippen molar-refractivity contribution in [1.82, 2.24) is 0 Å². The fourth-order valence-corrected chi connectivity index (χ4v) is 3.37. The Kier molecular flexibility index (Phi) is 4.04. The molecule has 0 bridgehead atoms. The summed E-state index contributed by atoms with van der Waals surface area (Å²) in [4.78, 5) is 16.7. The first kappa shape index (κ1) is 14.9. The number of rotatable bonds is 3. The Morgan fingerprint density at radius 1 is 1.23 bits per heavy atom. The molecule has 2 heterocycles. The van der Waals surface area contributed by atoms with Gasteiger partial charge in [-0.25, -0.2) is 0 Å². The van der Waals surface area contributed by atoms with Gasteiger partial charge >= 0.3 is 0 Å². The topological polar surface area (TPSA) is 36.7 Å². The van der Waals surface area contributed by atoms with Crippen molar-refractivity contribution in [3.63, 3.8) is 0 Å². The minimum absolute atomic E-state index is 0.121. The highest BCUT2D eigenvalue weighted by atomic mass is 32.2. The Labute approximate surface area is 138 Å². The van der Waals surface area contributed by atoms with Crippen LogP contribution in [-0.4, -0.2) is 24.3 Å². The number of hydrogen-bond acceptors (Lipinski definition) is 5. The van der Waals surface area contributed by atoms with Gasteiger partial charge in [-0.05, 0) is 36.4 Å². The van der Waals surface area contributed by atoms with Crippen LogP contribution >= 0.6 is 24.0 Å². The maximum absolute atomic E-state index is 12.6. The molecule has 4 nitrogen and oxygen atoms in total. The van der Waals surface area contributed by atoms with E-state index in [0.717, 1.165) is 11.4 Å². The van der Waals surface area contributed by atoms with Crippen LogP contribution in [0.3, 0.4) is 0 Å². The van der Waals surface area contributed by atoms with Gasteiger partial charge < -0.3 is 9.32 Å². The fourth-order valence-electron chi connectivity index (χ4n) is 2.09. The minimum Gasteiger partial charge on any atom is -0.465 e. The lowest BCUT2D eigenvalue weighted by Gasteiger charge is -2.17. The van der Waals surface area contributed by atoms with Gasteiger partial charge in [-0.1, -0.05) is 24.0 Å². The van der Waals surface area contributed by atoms with E-state index in [1.54, 1.807) is 29.4 Å². The van der Waals surface area contributed by atoms with Crippen LogP contribution in [0.5, 0.6) is 0 Å². The molecular formula is C16H14N2O2S2. The Balaban J connectivity index is 1.88. The number of carbonyl (C=O) groups excluding carboxylic acids is 1. The maximum atomic E-state index is 12.6. The molecule has 112 valence electrons. The fraction of sp³-hybridized carbons (Fsp3) is 0.125. The second kappa shape index (κ2) is 5.98. The van der Waals surface area contributed by atoms with Gasteiger partial charge in [0.15, 0.2) is 4.32 Å². The molecule has 0 atom stereocenters. The Morgan fingerprint density at radius 2 is 1.95 bits per heavy atom. The lowest BCUT2D eigenvalue weighted by molar-refractivity contribution is -0.113. The standard InChI is InChI=1S/C16H14N2O2S2/c1-17(2)11-5-7-12(8-6-11)18-15(19)14(22-16(18)21)10-13-4-3-9-20-13/h3-10H,1-2H3/b14-10+. The molecule has 1 fully saturated rings. The molecular weight excluding hydrogens is 316 g/mol. The van der Waals surface area contributed by atoms with E-state index in [2.05, 4.69) is 0 Å². The predicted octanol–water partition coefficient (Wildman–Crippen LogP) is 3.75. The summed E-state index contributed by atoms with van der Waals surface area (Å²) in [6.45, 7) is 0. The van der Waals surface area contributed by atoms with E-state index in [1.807, 2.05) is 43.3 Å². The van der Waals surface area contributed by atoms with Crippen LogP contribution in [-0.2, 0) is 4.79 Å². The monoisotopic (exact) mass is 330 g/mol. The van der Waals surface area contributed by atoms with Crippen molar-refractivity contribution in [3.05, 3.63) is 53.3 Å². The molecule has 0 saturated carbocycles. The quantitative estimate of drug-likeness (QED) is 0.633. The number of furan rings is 1. The smallest absolute Gasteiger partial charge is 0.270 e. The van der Waals surface area contributed by atoms with Gasteiger partial charge in [0.05, 0.1) is 16.9 Å². The molecule has 1 aliphatic heterocycles. The molecule has 22 heavy (non-hydrogen) atoms. The molecule has 2 aromatic rings. The molecule has 0 radical (unpaired) electrons. The average Bonchev–Trinajstić information content (AvgIpc) is 3.09. The first-order valence-electron chi connectivity index (χ1n) is 6.65. The minimum atomic E-state index is -0.121. The number of thioether (sulfide) groups is 1. The van der Waals surface area contributed by atoms with Crippen LogP contribution in [0.25, 0.3) is 6.08 Å². The number of nitrogens with zero attached hydrogens (tertiary/aromatic N) is 2. The molecule has 1 aromatic carbocycles. The highest BCUT2D eigenvalue weighted by Crippen LogP contribution is 2.36. The van der Waals surface area contributed by atoms with Crippen molar-refractivity contribution in [2.75, 3.05) is 23.9 Å². The van der Waals surface area contributed by atoms with Gasteiger partial charge in [-0.2, -0.15) is 0 Å². The van der Waals surface area contributed by atoms with Crippen molar-refractivity contribution < 1.29 is 9.21 Å². The Bertz CT molecular complexity index is 734. The summed E-state index contributed by atoms with van der Waals surface area (Å²) in [7, 11) is 3.95. The van der Waals surface area contributed by atoms with Crippen LogP contribution in [0.1, 0.15) is 5.76 Å². The van der Waals surface area contributed by atoms with E-state index in [1.165, 1.54) is 11.8 Å².